The lowest BCUT2D eigenvalue weighted by atomic mass is 10.1. The van der Waals surface area contributed by atoms with Crippen LogP contribution in [0.5, 0.6) is 0 Å². The number of aryl methyl sites for hydroxylation is 2. The number of nitrogens with zero attached hydrogens (tertiary/aromatic N) is 3. The highest BCUT2D eigenvalue weighted by Gasteiger charge is 2.27. The molecule has 1 aromatic carbocycles. The zero-order valence-corrected chi connectivity index (χ0v) is 12.0. The highest BCUT2D eigenvalue weighted by atomic mass is 32.1. The average Bonchev–Trinajstić information content (AvgIpc) is 3.02. The van der Waals surface area contributed by atoms with Gasteiger partial charge in [0.25, 0.3) is 0 Å². The minimum absolute atomic E-state index is 0.974. The van der Waals surface area contributed by atoms with E-state index >= 15 is 0 Å². The van der Waals surface area contributed by atoms with E-state index in [1.54, 1.807) is 11.3 Å². The molecule has 2 heterocycles. The first-order valence-corrected chi connectivity index (χ1v) is 7.56. The number of fused-ring (bicyclic) bond motifs is 3. The molecule has 4 rings (SSSR count). The Labute approximate surface area is 121 Å². The summed E-state index contributed by atoms with van der Waals surface area (Å²) in [6.07, 6.45) is 6.40. The molecule has 2 aromatic heterocycles. The summed E-state index contributed by atoms with van der Waals surface area (Å²) in [5.74, 6) is 0. The van der Waals surface area contributed by atoms with Gasteiger partial charge in [0.1, 0.15) is 11.2 Å². The van der Waals surface area contributed by atoms with Crippen molar-refractivity contribution in [3.63, 3.8) is 0 Å². The zero-order valence-electron chi connectivity index (χ0n) is 11.2. The monoisotopic (exact) mass is 280 g/mol. The lowest BCUT2D eigenvalue weighted by Gasteiger charge is -1.98. The van der Waals surface area contributed by atoms with Gasteiger partial charge in [-0.2, -0.15) is 0 Å². The van der Waals surface area contributed by atoms with Crippen LogP contribution < -0.4 is 4.52 Å². The molecule has 3 aromatic rings. The molecular weight excluding hydrogens is 266 g/mol. The molecule has 0 spiro atoms. The molecule has 0 amide bonds. The van der Waals surface area contributed by atoms with Crippen LogP contribution in [0.25, 0.3) is 16.6 Å². The Kier molecular flexibility index (Phi) is 2.63. The van der Waals surface area contributed by atoms with E-state index in [1.807, 2.05) is 23.7 Å². The van der Waals surface area contributed by atoms with E-state index in [0.29, 0.717) is 0 Å². The van der Waals surface area contributed by atoms with E-state index < -0.39 is 0 Å². The average molecular weight is 280 g/mol. The van der Waals surface area contributed by atoms with Gasteiger partial charge in [-0.25, -0.2) is 0 Å². The van der Waals surface area contributed by atoms with Crippen LogP contribution in [0, 0.1) is 6.92 Å². The van der Waals surface area contributed by atoms with Gasteiger partial charge in [-0.15, -0.1) is 0 Å². The summed E-state index contributed by atoms with van der Waals surface area (Å²) in [5, 5.41) is 5.66. The van der Waals surface area contributed by atoms with Crippen molar-refractivity contribution in [1.82, 2.24) is 10.1 Å². The fourth-order valence-electron chi connectivity index (χ4n) is 2.74. The number of benzene rings is 1. The van der Waals surface area contributed by atoms with Crippen molar-refractivity contribution in [3.05, 3.63) is 58.4 Å². The lowest BCUT2D eigenvalue weighted by molar-refractivity contribution is -0.581. The molecule has 98 valence electrons. The molecule has 20 heavy (non-hydrogen) atoms. The molecular formula is C16H14N3S+. The third kappa shape index (κ3) is 1.84. The van der Waals surface area contributed by atoms with E-state index in [4.69, 9.17) is 0 Å². The van der Waals surface area contributed by atoms with E-state index in [1.165, 1.54) is 22.4 Å². The molecule has 1 aliphatic carbocycles. The van der Waals surface area contributed by atoms with Crippen LogP contribution in [-0.2, 0) is 6.42 Å². The van der Waals surface area contributed by atoms with Crippen molar-refractivity contribution in [2.75, 3.05) is 0 Å². The highest BCUT2D eigenvalue weighted by Crippen LogP contribution is 2.31. The molecule has 0 saturated heterocycles. The van der Waals surface area contributed by atoms with Gasteiger partial charge < -0.3 is 0 Å². The van der Waals surface area contributed by atoms with Crippen LogP contribution >= 0.6 is 11.3 Å². The highest BCUT2D eigenvalue weighted by molar-refractivity contribution is 7.16. The standard InChI is InChI=1S/C16H14N3S/c1-11-18-19-15-13(9-12-5-3-2-4-6-12)7-8-14(15)10-17-16(19)20-11/h2-6,9-10H,7-8H2,1H3/q+1/b13-9-. The molecule has 0 aliphatic heterocycles. The minimum atomic E-state index is 0.974. The molecule has 4 heteroatoms. The molecule has 0 fully saturated rings. The van der Waals surface area contributed by atoms with E-state index in [0.717, 1.165) is 22.8 Å². The second-order valence-corrected chi connectivity index (χ2v) is 6.19. The first-order valence-electron chi connectivity index (χ1n) is 6.74. The Hall–Kier alpha value is -2.07. The summed E-state index contributed by atoms with van der Waals surface area (Å²) in [5.41, 5.74) is 5.14. The third-order valence-electron chi connectivity index (χ3n) is 3.62. The van der Waals surface area contributed by atoms with Crippen molar-refractivity contribution in [2.24, 2.45) is 0 Å². The number of allylic oxidation sites excluding steroid dienone is 1. The first-order chi connectivity index (χ1) is 9.81. The molecule has 3 nitrogen and oxygen atoms in total. The number of hydrogen-bond donors (Lipinski definition) is 0. The predicted octanol–water partition coefficient (Wildman–Crippen LogP) is 3.07. The van der Waals surface area contributed by atoms with Crippen LogP contribution in [0.2, 0.25) is 0 Å². The van der Waals surface area contributed by atoms with Crippen molar-refractivity contribution in [1.29, 1.82) is 0 Å². The summed E-state index contributed by atoms with van der Waals surface area (Å²) in [7, 11) is 0. The summed E-state index contributed by atoms with van der Waals surface area (Å²) in [4.78, 5) is 5.48. The lowest BCUT2D eigenvalue weighted by Crippen LogP contribution is -2.29. The molecule has 1 aliphatic rings. The Morgan fingerprint density at radius 2 is 2.05 bits per heavy atom. The van der Waals surface area contributed by atoms with Gasteiger partial charge in [-0.05, 0) is 47.7 Å². The first kappa shape index (κ1) is 11.7. The number of aromatic nitrogens is 3. The van der Waals surface area contributed by atoms with Gasteiger partial charge in [0.2, 0.25) is 0 Å². The fraction of sp³-hybridized carbons (Fsp3) is 0.188. The van der Waals surface area contributed by atoms with Crippen molar-refractivity contribution in [2.45, 2.75) is 19.8 Å². The van der Waals surface area contributed by atoms with Crippen molar-refractivity contribution < 1.29 is 4.52 Å². The van der Waals surface area contributed by atoms with Crippen LogP contribution in [-0.4, -0.2) is 10.1 Å². The third-order valence-corrected chi connectivity index (χ3v) is 4.45. The fourth-order valence-corrected chi connectivity index (χ4v) is 3.45. The predicted molar refractivity (Wildman–Crippen MR) is 80.4 cm³/mol. The van der Waals surface area contributed by atoms with Crippen LogP contribution in [0.3, 0.4) is 0 Å². The summed E-state index contributed by atoms with van der Waals surface area (Å²) in [6.45, 7) is 2.03. The molecule has 0 radical (unpaired) electrons. The van der Waals surface area contributed by atoms with Crippen LogP contribution in [0.1, 0.15) is 28.2 Å². The van der Waals surface area contributed by atoms with Gasteiger partial charge in [-0.1, -0.05) is 39.9 Å². The zero-order chi connectivity index (χ0) is 13.5. The topological polar surface area (TPSA) is 29.9 Å². The van der Waals surface area contributed by atoms with Crippen LogP contribution in [0.4, 0.5) is 0 Å². The van der Waals surface area contributed by atoms with E-state index in [9.17, 15) is 0 Å². The normalized spacial score (nSPS) is 15.9. The maximum absolute atomic E-state index is 4.61. The molecule has 0 saturated carbocycles. The largest absolute Gasteiger partial charge is 0.410 e. The Morgan fingerprint density at radius 1 is 1.20 bits per heavy atom. The molecule has 0 atom stereocenters. The van der Waals surface area contributed by atoms with Gasteiger partial charge >= 0.3 is 4.96 Å². The minimum Gasteiger partial charge on any atom is -0.0828 e. The van der Waals surface area contributed by atoms with Gasteiger partial charge in [-0.3, -0.25) is 0 Å². The summed E-state index contributed by atoms with van der Waals surface area (Å²) >= 11 is 1.64. The summed E-state index contributed by atoms with van der Waals surface area (Å²) < 4.78 is 2.01. The SMILES string of the molecule is Cc1n[n+]2c3c(cnc2s1)CC/C3=C/c1ccccc1. The molecule has 0 N–H and O–H groups in total. The van der Waals surface area contributed by atoms with Crippen molar-refractivity contribution in [3.8, 4) is 0 Å². The number of hydrogen-bond acceptors (Lipinski definition) is 3. The van der Waals surface area contributed by atoms with E-state index in [2.05, 4.69) is 40.4 Å². The van der Waals surface area contributed by atoms with Gasteiger partial charge in [0.05, 0.1) is 0 Å². The maximum atomic E-state index is 4.61. The quantitative estimate of drug-likeness (QED) is 0.641. The second kappa shape index (κ2) is 4.49. The smallest absolute Gasteiger partial charge is 0.0828 e. The van der Waals surface area contributed by atoms with Crippen LogP contribution in [0.15, 0.2) is 36.5 Å². The molecule has 0 bridgehead atoms. The Morgan fingerprint density at radius 3 is 2.90 bits per heavy atom. The Bertz CT molecular complexity index is 818. The number of rotatable bonds is 1. The van der Waals surface area contributed by atoms with Gasteiger partial charge in [0, 0.05) is 11.1 Å². The molecule has 0 unspecified atom stereocenters. The van der Waals surface area contributed by atoms with Crippen molar-refractivity contribution >= 4 is 27.9 Å². The van der Waals surface area contributed by atoms with E-state index in [-0.39, 0.29) is 0 Å². The summed E-state index contributed by atoms with van der Waals surface area (Å²) in [6, 6.07) is 10.5. The van der Waals surface area contributed by atoms with Gasteiger partial charge in [0.15, 0.2) is 5.69 Å². The second-order valence-electron chi connectivity index (χ2n) is 5.03. The maximum Gasteiger partial charge on any atom is 0.410 e. The Balaban J connectivity index is 1.92.